The van der Waals surface area contributed by atoms with Crippen LogP contribution in [0.4, 0.5) is 0 Å². The monoisotopic (exact) mass is 255 g/mol. The summed E-state index contributed by atoms with van der Waals surface area (Å²) in [5.74, 6) is 0.372. The van der Waals surface area contributed by atoms with E-state index in [2.05, 4.69) is 4.74 Å². The van der Waals surface area contributed by atoms with Gasteiger partial charge in [0.25, 0.3) is 0 Å². The van der Waals surface area contributed by atoms with Crippen molar-refractivity contribution in [3.8, 4) is 0 Å². The minimum absolute atomic E-state index is 0.0326. The predicted molar refractivity (Wildman–Crippen MR) is 67.4 cm³/mol. The predicted octanol–water partition coefficient (Wildman–Crippen LogP) is 1.83. The number of hydrogen-bond donors (Lipinski definition) is 1. The summed E-state index contributed by atoms with van der Waals surface area (Å²) in [7, 11) is 3.21. The lowest BCUT2D eigenvalue weighted by Crippen LogP contribution is -2.37. The maximum Gasteiger partial charge on any atom is 0.373 e. The lowest BCUT2D eigenvalue weighted by atomic mass is 10.1. The summed E-state index contributed by atoms with van der Waals surface area (Å²) in [6, 6.07) is 3.31. The third-order valence-electron chi connectivity index (χ3n) is 2.72. The molecule has 1 N–H and O–H groups in total. The molecule has 0 radical (unpaired) electrons. The van der Waals surface area contributed by atoms with Crippen LogP contribution >= 0.6 is 0 Å². The van der Waals surface area contributed by atoms with E-state index in [4.69, 9.17) is 4.42 Å². The van der Waals surface area contributed by atoms with Crippen LogP contribution in [0.2, 0.25) is 0 Å². The van der Waals surface area contributed by atoms with Crippen LogP contribution in [0, 0.1) is 0 Å². The molecule has 5 heteroatoms. The Morgan fingerprint density at radius 1 is 1.56 bits per heavy atom. The van der Waals surface area contributed by atoms with Gasteiger partial charge in [-0.3, -0.25) is 4.90 Å². The molecule has 0 aliphatic rings. The Hall–Kier alpha value is -1.33. The van der Waals surface area contributed by atoms with Crippen molar-refractivity contribution in [2.75, 3.05) is 20.7 Å². The SMILES string of the molecule is COC(=O)c1ccc(C(C)N(C)CC(C)(C)O)o1. The number of likely N-dealkylation sites (N-methyl/N-ethyl adjacent to an activating group) is 1. The first-order valence-electron chi connectivity index (χ1n) is 5.85. The summed E-state index contributed by atoms with van der Waals surface area (Å²) >= 11 is 0. The highest BCUT2D eigenvalue weighted by atomic mass is 16.5. The molecule has 0 saturated heterocycles. The first kappa shape index (κ1) is 14.7. The van der Waals surface area contributed by atoms with Gasteiger partial charge in [-0.25, -0.2) is 4.79 Å². The van der Waals surface area contributed by atoms with Crippen LogP contribution in [0.25, 0.3) is 0 Å². The van der Waals surface area contributed by atoms with Crippen LogP contribution in [0.5, 0.6) is 0 Å². The van der Waals surface area contributed by atoms with E-state index in [1.54, 1.807) is 26.0 Å². The lowest BCUT2D eigenvalue weighted by Gasteiger charge is -2.29. The summed E-state index contributed by atoms with van der Waals surface area (Å²) in [6.07, 6.45) is 0. The van der Waals surface area contributed by atoms with Crippen molar-refractivity contribution in [1.82, 2.24) is 4.90 Å². The molecule has 5 nitrogen and oxygen atoms in total. The van der Waals surface area contributed by atoms with Gasteiger partial charge in [-0.15, -0.1) is 0 Å². The van der Waals surface area contributed by atoms with Gasteiger partial charge in [0.2, 0.25) is 5.76 Å². The molecule has 0 aliphatic heterocycles. The molecule has 1 unspecified atom stereocenters. The number of nitrogens with zero attached hydrogens (tertiary/aromatic N) is 1. The average Bonchev–Trinajstić information content (AvgIpc) is 2.73. The van der Waals surface area contributed by atoms with Gasteiger partial charge in [0.1, 0.15) is 5.76 Å². The van der Waals surface area contributed by atoms with E-state index in [1.165, 1.54) is 7.11 Å². The first-order valence-corrected chi connectivity index (χ1v) is 5.85. The van der Waals surface area contributed by atoms with E-state index >= 15 is 0 Å². The molecule has 0 bridgehead atoms. The number of carbonyl (C=O) groups is 1. The second kappa shape index (κ2) is 5.54. The van der Waals surface area contributed by atoms with E-state index in [0.717, 1.165) is 0 Å². The normalized spacial score (nSPS) is 13.7. The Morgan fingerprint density at radius 2 is 2.17 bits per heavy atom. The Bertz CT molecular complexity index is 405. The third-order valence-corrected chi connectivity index (χ3v) is 2.72. The van der Waals surface area contributed by atoms with Crippen molar-refractivity contribution in [1.29, 1.82) is 0 Å². The standard InChI is InChI=1S/C13H21NO4/c1-9(14(4)8-13(2,3)16)10-6-7-11(18-10)12(15)17-5/h6-7,9,16H,8H2,1-5H3. The molecule has 0 aromatic carbocycles. The lowest BCUT2D eigenvalue weighted by molar-refractivity contribution is 0.0298. The number of furan rings is 1. The van der Waals surface area contributed by atoms with Crippen molar-refractivity contribution in [3.05, 3.63) is 23.7 Å². The van der Waals surface area contributed by atoms with Gasteiger partial charge < -0.3 is 14.3 Å². The minimum atomic E-state index is -0.777. The highest BCUT2D eigenvalue weighted by Gasteiger charge is 2.23. The summed E-state index contributed by atoms with van der Waals surface area (Å²) in [5, 5.41) is 9.77. The smallest absolute Gasteiger partial charge is 0.373 e. The zero-order valence-corrected chi connectivity index (χ0v) is 11.6. The topological polar surface area (TPSA) is 62.9 Å². The summed E-state index contributed by atoms with van der Waals surface area (Å²) in [6.45, 7) is 5.95. The van der Waals surface area contributed by atoms with Crippen molar-refractivity contribution in [2.45, 2.75) is 32.4 Å². The highest BCUT2D eigenvalue weighted by Crippen LogP contribution is 2.23. The fourth-order valence-electron chi connectivity index (χ4n) is 1.75. The first-order chi connectivity index (χ1) is 8.24. The average molecular weight is 255 g/mol. The molecule has 18 heavy (non-hydrogen) atoms. The number of aliphatic hydroxyl groups is 1. The largest absolute Gasteiger partial charge is 0.463 e. The molecule has 0 spiro atoms. The highest BCUT2D eigenvalue weighted by molar-refractivity contribution is 5.86. The molecule has 1 rings (SSSR count). The molecular weight excluding hydrogens is 234 g/mol. The molecule has 0 aliphatic carbocycles. The molecule has 0 amide bonds. The van der Waals surface area contributed by atoms with Crippen molar-refractivity contribution < 1.29 is 19.1 Å². The Labute approximate surface area is 107 Å². The molecule has 0 saturated carbocycles. The van der Waals surface area contributed by atoms with Gasteiger partial charge in [-0.2, -0.15) is 0 Å². The van der Waals surface area contributed by atoms with Crippen molar-refractivity contribution in [2.24, 2.45) is 0 Å². The van der Waals surface area contributed by atoms with Gasteiger partial charge in [-0.05, 0) is 40.0 Å². The Kier molecular flexibility index (Phi) is 4.53. The number of hydrogen-bond acceptors (Lipinski definition) is 5. The maximum atomic E-state index is 11.3. The van der Waals surface area contributed by atoms with Gasteiger partial charge in [0.15, 0.2) is 0 Å². The number of ether oxygens (including phenoxy) is 1. The molecule has 0 fully saturated rings. The number of esters is 1. The number of methoxy groups -OCH3 is 1. The number of carbonyl (C=O) groups excluding carboxylic acids is 1. The summed E-state index contributed by atoms with van der Waals surface area (Å²) < 4.78 is 10.0. The van der Waals surface area contributed by atoms with Gasteiger partial charge >= 0.3 is 5.97 Å². The van der Waals surface area contributed by atoms with Gasteiger partial charge in [-0.1, -0.05) is 0 Å². The van der Waals surface area contributed by atoms with Crippen LogP contribution in [-0.2, 0) is 4.74 Å². The molecule has 1 heterocycles. The van der Waals surface area contributed by atoms with E-state index < -0.39 is 11.6 Å². The quantitative estimate of drug-likeness (QED) is 0.813. The zero-order chi connectivity index (χ0) is 13.9. The second-order valence-electron chi connectivity index (χ2n) is 5.10. The molecular formula is C13H21NO4. The zero-order valence-electron chi connectivity index (χ0n) is 11.6. The fourth-order valence-corrected chi connectivity index (χ4v) is 1.75. The Morgan fingerprint density at radius 3 is 2.67 bits per heavy atom. The maximum absolute atomic E-state index is 11.3. The second-order valence-corrected chi connectivity index (χ2v) is 5.10. The Balaban J connectivity index is 2.75. The van der Waals surface area contributed by atoms with Crippen LogP contribution in [0.15, 0.2) is 16.5 Å². The van der Waals surface area contributed by atoms with Crippen molar-refractivity contribution >= 4 is 5.97 Å². The van der Waals surface area contributed by atoms with Crippen LogP contribution in [0.1, 0.15) is 43.1 Å². The van der Waals surface area contributed by atoms with Crippen molar-refractivity contribution in [3.63, 3.8) is 0 Å². The number of rotatable bonds is 5. The van der Waals surface area contributed by atoms with E-state index in [0.29, 0.717) is 12.3 Å². The molecule has 1 aromatic rings. The molecule has 1 atom stereocenters. The summed E-state index contributed by atoms with van der Waals surface area (Å²) in [5.41, 5.74) is -0.777. The van der Waals surface area contributed by atoms with Crippen LogP contribution in [0.3, 0.4) is 0 Å². The van der Waals surface area contributed by atoms with Gasteiger partial charge in [0.05, 0.1) is 18.8 Å². The fraction of sp³-hybridized carbons (Fsp3) is 0.615. The molecule has 102 valence electrons. The van der Waals surface area contributed by atoms with E-state index in [1.807, 2.05) is 18.9 Å². The van der Waals surface area contributed by atoms with E-state index in [9.17, 15) is 9.90 Å². The van der Waals surface area contributed by atoms with Crippen LogP contribution < -0.4 is 0 Å². The third kappa shape index (κ3) is 3.85. The molecule has 1 aromatic heterocycles. The minimum Gasteiger partial charge on any atom is -0.463 e. The van der Waals surface area contributed by atoms with Gasteiger partial charge in [0, 0.05) is 6.54 Å². The summed E-state index contributed by atoms with van der Waals surface area (Å²) in [4.78, 5) is 13.2. The van der Waals surface area contributed by atoms with Crippen LogP contribution in [-0.4, -0.2) is 42.3 Å². The van der Waals surface area contributed by atoms with E-state index in [-0.39, 0.29) is 11.8 Å².